The van der Waals surface area contributed by atoms with Crippen LogP contribution in [0.2, 0.25) is 0 Å². The molecule has 0 saturated heterocycles. The van der Waals surface area contributed by atoms with Crippen molar-refractivity contribution in [1.82, 2.24) is 5.32 Å². The number of carboxylic acids is 1. The summed E-state index contributed by atoms with van der Waals surface area (Å²) in [6.07, 6.45) is 0. The van der Waals surface area contributed by atoms with Crippen molar-refractivity contribution >= 4 is 40.6 Å². The van der Waals surface area contributed by atoms with Gasteiger partial charge in [-0.1, -0.05) is 12.1 Å². The van der Waals surface area contributed by atoms with Gasteiger partial charge < -0.3 is 10.4 Å². The summed E-state index contributed by atoms with van der Waals surface area (Å²) in [5, 5.41) is 24.9. The fourth-order valence-electron chi connectivity index (χ4n) is 2.01. The van der Waals surface area contributed by atoms with Gasteiger partial charge in [0, 0.05) is 22.9 Å². The molecule has 0 aromatic heterocycles. The van der Waals surface area contributed by atoms with E-state index in [1.54, 1.807) is 13.0 Å². The van der Waals surface area contributed by atoms with Gasteiger partial charge in [0.15, 0.2) is 5.11 Å². The highest BCUT2D eigenvalue weighted by atomic mass is 32.1. The Labute approximate surface area is 147 Å². The summed E-state index contributed by atoms with van der Waals surface area (Å²) >= 11 is 5.01. The monoisotopic (exact) mass is 359 g/mol. The van der Waals surface area contributed by atoms with Crippen LogP contribution in [0.1, 0.15) is 26.3 Å². The molecule has 0 spiro atoms. The van der Waals surface area contributed by atoms with E-state index in [0.717, 1.165) is 0 Å². The Kier molecular flexibility index (Phi) is 5.40. The Balaban J connectivity index is 2.09. The Morgan fingerprint density at radius 2 is 1.88 bits per heavy atom. The second-order valence-corrected chi connectivity index (χ2v) is 5.46. The number of nitrogens with zero attached hydrogens (tertiary/aromatic N) is 1. The molecule has 0 heterocycles. The number of carbonyl (C=O) groups excluding carboxylic acids is 1. The summed E-state index contributed by atoms with van der Waals surface area (Å²) in [6.45, 7) is 1.57. The van der Waals surface area contributed by atoms with Crippen molar-refractivity contribution in [1.29, 1.82) is 0 Å². The number of benzene rings is 2. The topological polar surface area (TPSA) is 122 Å². The lowest BCUT2D eigenvalue weighted by molar-refractivity contribution is -0.385. The highest BCUT2D eigenvalue weighted by Gasteiger charge is 2.16. The van der Waals surface area contributed by atoms with Gasteiger partial charge in [0.2, 0.25) is 0 Å². The molecular weight excluding hydrogens is 346 g/mol. The van der Waals surface area contributed by atoms with Crippen LogP contribution in [-0.4, -0.2) is 27.0 Å². The number of thiocarbonyl (C=S) groups is 1. The summed E-state index contributed by atoms with van der Waals surface area (Å²) in [4.78, 5) is 33.4. The Hall–Kier alpha value is -3.33. The number of nitrogens with one attached hydrogen (secondary N) is 2. The van der Waals surface area contributed by atoms with E-state index in [0.29, 0.717) is 11.3 Å². The van der Waals surface area contributed by atoms with Crippen LogP contribution >= 0.6 is 12.2 Å². The molecule has 0 aliphatic heterocycles. The van der Waals surface area contributed by atoms with Crippen LogP contribution < -0.4 is 10.6 Å². The molecular formula is C16H13N3O5S. The lowest BCUT2D eigenvalue weighted by Gasteiger charge is -2.10. The molecule has 2 aromatic carbocycles. The minimum atomic E-state index is -1.09. The molecule has 0 saturated carbocycles. The van der Waals surface area contributed by atoms with Crippen LogP contribution in [0.3, 0.4) is 0 Å². The van der Waals surface area contributed by atoms with Crippen LogP contribution in [-0.2, 0) is 0 Å². The fraction of sp³-hybridized carbons (Fsp3) is 0.0625. The summed E-state index contributed by atoms with van der Waals surface area (Å²) in [5.41, 5.74) is 0.808. The third-order valence-corrected chi connectivity index (χ3v) is 3.47. The summed E-state index contributed by atoms with van der Waals surface area (Å²) < 4.78 is 0. The second-order valence-electron chi connectivity index (χ2n) is 5.05. The Morgan fingerprint density at radius 3 is 2.52 bits per heavy atom. The molecule has 0 bridgehead atoms. The van der Waals surface area contributed by atoms with E-state index in [-0.39, 0.29) is 21.9 Å². The van der Waals surface area contributed by atoms with Crippen molar-refractivity contribution in [2.75, 3.05) is 5.32 Å². The van der Waals surface area contributed by atoms with Crippen molar-refractivity contribution < 1.29 is 19.6 Å². The molecule has 0 atom stereocenters. The molecule has 2 aromatic rings. The maximum absolute atomic E-state index is 12.2. The van der Waals surface area contributed by atoms with E-state index < -0.39 is 16.8 Å². The maximum atomic E-state index is 12.2. The summed E-state index contributed by atoms with van der Waals surface area (Å²) in [6, 6.07) is 9.97. The number of carbonyl (C=O) groups is 2. The zero-order valence-corrected chi connectivity index (χ0v) is 13.8. The Morgan fingerprint density at radius 1 is 1.16 bits per heavy atom. The number of aromatic carboxylic acids is 1. The van der Waals surface area contributed by atoms with Gasteiger partial charge in [-0.15, -0.1) is 0 Å². The van der Waals surface area contributed by atoms with E-state index >= 15 is 0 Å². The van der Waals surface area contributed by atoms with Gasteiger partial charge >= 0.3 is 5.97 Å². The second kappa shape index (κ2) is 7.49. The fourth-order valence-corrected chi connectivity index (χ4v) is 2.23. The van der Waals surface area contributed by atoms with E-state index in [9.17, 15) is 19.7 Å². The van der Waals surface area contributed by atoms with E-state index in [1.807, 2.05) is 0 Å². The van der Waals surface area contributed by atoms with Crippen molar-refractivity contribution in [2.45, 2.75) is 6.92 Å². The first-order chi connectivity index (χ1) is 11.8. The minimum absolute atomic E-state index is 0.0595. The SMILES string of the molecule is Cc1ccc(C(=O)NC(=S)Nc2cccc(C(=O)O)c2)cc1[N+](=O)[O-]. The third kappa shape index (κ3) is 4.58. The molecule has 0 radical (unpaired) electrons. The largest absolute Gasteiger partial charge is 0.478 e. The van der Waals surface area contributed by atoms with Crippen molar-refractivity contribution in [3.8, 4) is 0 Å². The lowest BCUT2D eigenvalue weighted by atomic mass is 10.1. The van der Waals surface area contributed by atoms with E-state index in [2.05, 4.69) is 10.6 Å². The smallest absolute Gasteiger partial charge is 0.335 e. The van der Waals surface area contributed by atoms with Crippen LogP contribution in [0.4, 0.5) is 11.4 Å². The van der Waals surface area contributed by atoms with Gasteiger partial charge in [0.1, 0.15) is 0 Å². The van der Waals surface area contributed by atoms with Gasteiger partial charge in [-0.05, 0) is 43.4 Å². The van der Waals surface area contributed by atoms with Crippen molar-refractivity contribution in [3.05, 3.63) is 69.3 Å². The van der Waals surface area contributed by atoms with E-state index in [4.69, 9.17) is 17.3 Å². The molecule has 8 nitrogen and oxygen atoms in total. The molecule has 2 rings (SSSR count). The normalized spacial score (nSPS) is 9.96. The molecule has 1 amide bonds. The van der Waals surface area contributed by atoms with Crippen LogP contribution in [0, 0.1) is 17.0 Å². The zero-order chi connectivity index (χ0) is 18.6. The molecule has 9 heteroatoms. The lowest BCUT2D eigenvalue weighted by Crippen LogP contribution is -2.34. The number of aryl methyl sites for hydroxylation is 1. The number of carboxylic acid groups (broad SMARTS) is 1. The molecule has 25 heavy (non-hydrogen) atoms. The van der Waals surface area contributed by atoms with Crippen molar-refractivity contribution in [2.24, 2.45) is 0 Å². The summed E-state index contributed by atoms with van der Waals surface area (Å²) in [5.74, 6) is -1.71. The number of nitro groups is 1. The zero-order valence-electron chi connectivity index (χ0n) is 13.0. The number of amides is 1. The molecule has 0 aliphatic rings. The Bertz CT molecular complexity index is 882. The van der Waals surface area contributed by atoms with Crippen LogP contribution in [0.5, 0.6) is 0 Å². The van der Waals surface area contributed by atoms with Gasteiger partial charge in [-0.3, -0.25) is 20.2 Å². The number of rotatable bonds is 4. The van der Waals surface area contributed by atoms with Gasteiger partial charge in [0.05, 0.1) is 10.5 Å². The quantitative estimate of drug-likeness (QED) is 0.436. The molecule has 3 N–H and O–H groups in total. The highest BCUT2D eigenvalue weighted by Crippen LogP contribution is 2.19. The van der Waals surface area contributed by atoms with Gasteiger partial charge in [0.25, 0.3) is 11.6 Å². The molecule has 0 unspecified atom stereocenters. The number of hydrogen-bond donors (Lipinski definition) is 3. The average molecular weight is 359 g/mol. The number of hydrogen-bond acceptors (Lipinski definition) is 5. The minimum Gasteiger partial charge on any atom is -0.478 e. The first kappa shape index (κ1) is 18.0. The third-order valence-electron chi connectivity index (χ3n) is 3.26. The van der Waals surface area contributed by atoms with Gasteiger partial charge in [-0.25, -0.2) is 4.79 Å². The first-order valence-electron chi connectivity index (χ1n) is 6.98. The van der Waals surface area contributed by atoms with Crippen LogP contribution in [0.25, 0.3) is 0 Å². The highest BCUT2D eigenvalue weighted by molar-refractivity contribution is 7.80. The molecule has 128 valence electrons. The van der Waals surface area contributed by atoms with Crippen LogP contribution in [0.15, 0.2) is 42.5 Å². The first-order valence-corrected chi connectivity index (χ1v) is 7.39. The maximum Gasteiger partial charge on any atom is 0.335 e. The number of nitro benzene ring substituents is 1. The average Bonchev–Trinajstić information content (AvgIpc) is 2.54. The predicted molar refractivity (Wildman–Crippen MR) is 94.9 cm³/mol. The standard InChI is InChI=1S/C16H13N3O5S/c1-9-5-6-10(8-13(9)19(23)24)14(20)18-16(25)17-12-4-2-3-11(7-12)15(21)22/h2-8H,1H3,(H,21,22)(H2,17,18,20,25). The molecule has 0 aliphatic carbocycles. The predicted octanol–water partition coefficient (Wildman–Crippen LogP) is 2.73. The van der Waals surface area contributed by atoms with Crippen molar-refractivity contribution in [3.63, 3.8) is 0 Å². The molecule has 0 fully saturated rings. The number of anilines is 1. The van der Waals surface area contributed by atoms with E-state index in [1.165, 1.54) is 36.4 Å². The van der Waals surface area contributed by atoms with Gasteiger partial charge in [-0.2, -0.15) is 0 Å². The summed E-state index contributed by atoms with van der Waals surface area (Å²) in [7, 11) is 0.